The van der Waals surface area contributed by atoms with Crippen molar-refractivity contribution in [2.45, 2.75) is 32.7 Å². The average molecular weight is 385 g/mol. The second kappa shape index (κ2) is 8.62. The van der Waals surface area contributed by atoms with Gasteiger partial charge in [0.25, 0.3) is 11.6 Å². The molecule has 0 radical (unpaired) electrons. The van der Waals surface area contributed by atoms with E-state index in [1.54, 1.807) is 38.1 Å². The minimum Gasteiger partial charge on any atom is -0.394 e. The van der Waals surface area contributed by atoms with Gasteiger partial charge in [0, 0.05) is 22.9 Å². The fourth-order valence-electron chi connectivity index (χ4n) is 2.62. The average Bonchev–Trinajstić information content (AvgIpc) is 2.62. The van der Waals surface area contributed by atoms with Gasteiger partial charge < -0.3 is 15.7 Å². The Morgan fingerprint density at radius 3 is 2.36 bits per heavy atom. The quantitative estimate of drug-likeness (QED) is 0.499. The van der Waals surface area contributed by atoms with E-state index in [0.717, 1.165) is 5.56 Å². The molecular weight excluding hydrogens is 362 g/mol. The maximum Gasteiger partial charge on any atom is 0.273 e. The van der Waals surface area contributed by atoms with E-state index in [9.17, 15) is 24.8 Å². The number of carbonyl (C=O) groups excluding carboxylic acids is 2. The highest BCUT2D eigenvalue weighted by atomic mass is 16.6. The second-order valence-electron chi connectivity index (χ2n) is 7.12. The monoisotopic (exact) mass is 385 g/mol. The van der Waals surface area contributed by atoms with Crippen LogP contribution in [0.3, 0.4) is 0 Å². The molecule has 0 bridgehead atoms. The van der Waals surface area contributed by atoms with Crippen LogP contribution in [0.25, 0.3) is 0 Å². The van der Waals surface area contributed by atoms with Crippen LogP contribution in [-0.4, -0.2) is 34.0 Å². The molecule has 3 N–H and O–H groups in total. The van der Waals surface area contributed by atoms with Gasteiger partial charge in [0.2, 0.25) is 5.91 Å². The van der Waals surface area contributed by atoms with Gasteiger partial charge in [-0.2, -0.15) is 0 Å². The maximum absolute atomic E-state index is 12.4. The zero-order valence-electron chi connectivity index (χ0n) is 16.0. The number of benzene rings is 2. The smallest absolute Gasteiger partial charge is 0.273 e. The predicted molar refractivity (Wildman–Crippen MR) is 105 cm³/mol. The van der Waals surface area contributed by atoms with Crippen LogP contribution in [0.15, 0.2) is 42.5 Å². The van der Waals surface area contributed by atoms with Gasteiger partial charge >= 0.3 is 0 Å². The Kier molecular flexibility index (Phi) is 6.48. The summed E-state index contributed by atoms with van der Waals surface area (Å²) in [6.45, 7) is 4.81. The lowest BCUT2D eigenvalue weighted by Gasteiger charge is -2.23. The summed E-state index contributed by atoms with van der Waals surface area (Å²) in [4.78, 5) is 34.9. The Bertz CT molecular complexity index is 891. The summed E-state index contributed by atoms with van der Waals surface area (Å²) in [6, 6.07) is 11.1. The Hall–Kier alpha value is -3.26. The summed E-state index contributed by atoms with van der Waals surface area (Å²) in [5, 5.41) is 25.6. The number of nitrogens with zero attached hydrogens (tertiary/aromatic N) is 1. The first-order valence-electron chi connectivity index (χ1n) is 8.69. The van der Waals surface area contributed by atoms with Crippen LogP contribution in [0, 0.1) is 17.0 Å². The third-order valence-corrected chi connectivity index (χ3v) is 4.20. The van der Waals surface area contributed by atoms with Crippen molar-refractivity contribution in [3.63, 3.8) is 0 Å². The molecule has 0 saturated heterocycles. The number of aliphatic hydroxyl groups is 1. The van der Waals surface area contributed by atoms with E-state index in [4.69, 9.17) is 0 Å². The molecule has 28 heavy (non-hydrogen) atoms. The maximum atomic E-state index is 12.4. The number of rotatable bonds is 7. The molecule has 0 aliphatic rings. The Morgan fingerprint density at radius 1 is 1.14 bits per heavy atom. The number of aliphatic hydroxyl groups excluding tert-OH is 1. The number of nitro benzene ring substituents is 1. The van der Waals surface area contributed by atoms with Crippen molar-refractivity contribution >= 4 is 23.2 Å². The number of amides is 2. The fraction of sp³-hybridized carbons (Fsp3) is 0.300. The van der Waals surface area contributed by atoms with Crippen molar-refractivity contribution in [2.24, 2.45) is 0 Å². The molecule has 0 aliphatic carbocycles. The lowest BCUT2D eigenvalue weighted by atomic mass is 10.1. The molecule has 0 spiro atoms. The van der Waals surface area contributed by atoms with Crippen LogP contribution in [-0.2, 0) is 11.2 Å². The molecule has 0 heterocycles. The minimum absolute atomic E-state index is 0.111. The van der Waals surface area contributed by atoms with Crippen molar-refractivity contribution in [3.8, 4) is 0 Å². The molecular formula is C20H23N3O5. The molecule has 0 aliphatic heterocycles. The molecule has 8 nitrogen and oxygen atoms in total. The van der Waals surface area contributed by atoms with Gasteiger partial charge in [-0.05, 0) is 44.5 Å². The number of hydrogen-bond donors (Lipinski definition) is 3. The molecule has 0 atom stereocenters. The molecule has 0 aromatic heterocycles. The van der Waals surface area contributed by atoms with Gasteiger partial charge in [-0.15, -0.1) is 0 Å². The van der Waals surface area contributed by atoms with E-state index in [1.165, 1.54) is 25.1 Å². The number of carbonyl (C=O) groups is 2. The van der Waals surface area contributed by atoms with E-state index in [-0.39, 0.29) is 30.2 Å². The predicted octanol–water partition coefficient (Wildman–Crippen LogP) is 2.59. The van der Waals surface area contributed by atoms with Crippen molar-refractivity contribution in [3.05, 3.63) is 69.3 Å². The number of hydrogen-bond acceptors (Lipinski definition) is 5. The van der Waals surface area contributed by atoms with Gasteiger partial charge in [0.15, 0.2) is 0 Å². The van der Waals surface area contributed by atoms with E-state index >= 15 is 0 Å². The lowest BCUT2D eigenvalue weighted by molar-refractivity contribution is -0.385. The highest BCUT2D eigenvalue weighted by Gasteiger charge is 2.20. The van der Waals surface area contributed by atoms with Crippen LogP contribution in [0.1, 0.15) is 35.3 Å². The Balaban J connectivity index is 2.05. The van der Waals surface area contributed by atoms with Crippen molar-refractivity contribution in [2.75, 3.05) is 11.9 Å². The van der Waals surface area contributed by atoms with Crippen molar-refractivity contribution < 1.29 is 19.6 Å². The Labute approximate surface area is 162 Å². The van der Waals surface area contributed by atoms with E-state index in [0.29, 0.717) is 11.3 Å². The number of nitrogens with one attached hydrogen (secondary N) is 2. The first-order valence-corrected chi connectivity index (χ1v) is 8.69. The van der Waals surface area contributed by atoms with Crippen LogP contribution >= 0.6 is 0 Å². The first kappa shape index (κ1) is 21.0. The van der Waals surface area contributed by atoms with Crippen LogP contribution < -0.4 is 10.6 Å². The van der Waals surface area contributed by atoms with E-state index in [2.05, 4.69) is 10.6 Å². The first-order chi connectivity index (χ1) is 13.1. The summed E-state index contributed by atoms with van der Waals surface area (Å²) in [5.41, 5.74) is 0.973. The molecule has 8 heteroatoms. The summed E-state index contributed by atoms with van der Waals surface area (Å²) in [7, 11) is 0. The topological polar surface area (TPSA) is 122 Å². The highest BCUT2D eigenvalue weighted by Crippen LogP contribution is 2.22. The second-order valence-corrected chi connectivity index (χ2v) is 7.12. The van der Waals surface area contributed by atoms with Crippen LogP contribution in [0.4, 0.5) is 11.4 Å². The van der Waals surface area contributed by atoms with Gasteiger partial charge in [-0.3, -0.25) is 19.7 Å². The van der Waals surface area contributed by atoms with Gasteiger partial charge in [-0.1, -0.05) is 18.2 Å². The third-order valence-electron chi connectivity index (χ3n) is 4.20. The van der Waals surface area contributed by atoms with Crippen LogP contribution in [0.5, 0.6) is 0 Å². The largest absolute Gasteiger partial charge is 0.394 e. The summed E-state index contributed by atoms with van der Waals surface area (Å²) in [6.07, 6.45) is 0.141. The van der Waals surface area contributed by atoms with E-state index in [1.807, 2.05) is 0 Å². The molecule has 0 fully saturated rings. The zero-order valence-corrected chi connectivity index (χ0v) is 16.0. The molecule has 0 unspecified atom stereocenters. The summed E-state index contributed by atoms with van der Waals surface area (Å²) < 4.78 is 0. The molecule has 2 aromatic rings. The fourth-order valence-corrected chi connectivity index (χ4v) is 2.62. The van der Waals surface area contributed by atoms with E-state index < -0.39 is 16.4 Å². The number of anilines is 1. The molecule has 2 aromatic carbocycles. The van der Waals surface area contributed by atoms with Crippen molar-refractivity contribution in [1.29, 1.82) is 0 Å². The third kappa shape index (κ3) is 5.37. The molecule has 0 saturated carbocycles. The van der Waals surface area contributed by atoms with Gasteiger partial charge in [0.1, 0.15) is 0 Å². The summed E-state index contributed by atoms with van der Waals surface area (Å²) >= 11 is 0. The van der Waals surface area contributed by atoms with Crippen LogP contribution in [0.2, 0.25) is 0 Å². The highest BCUT2D eigenvalue weighted by molar-refractivity contribution is 6.05. The SMILES string of the molecule is Cc1c(C(=O)Nc2ccc(CC(=O)NC(C)(C)CO)cc2)cccc1[N+](=O)[O-]. The lowest BCUT2D eigenvalue weighted by Crippen LogP contribution is -2.46. The zero-order chi connectivity index (χ0) is 20.9. The standard InChI is InChI=1S/C20H23N3O5/c1-13-16(5-4-6-17(13)23(27)28)19(26)21-15-9-7-14(8-10-15)11-18(25)22-20(2,3)12-24/h4-10,24H,11-12H2,1-3H3,(H,21,26)(H,22,25). The van der Waals surface area contributed by atoms with Gasteiger partial charge in [0.05, 0.1) is 23.5 Å². The normalized spacial score (nSPS) is 11.0. The number of nitro groups is 1. The summed E-state index contributed by atoms with van der Waals surface area (Å²) in [5.74, 6) is -0.667. The van der Waals surface area contributed by atoms with Crippen molar-refractivity contribution in [1.82, 2.24) is 5.32 Å². The van der Waals surface area contributed by atoms with Gasteiger partial charge in [-0.25, -0.2) is 0 Å². The Morgan fingerprint density at radius 2 is 1.79 bits per heavy atom. The molecule has 2 rings (SSSR count). The molecule has 2 amide bonds. The minimum atomic E-state index is -0.693. The molecule has 148 valence electrons.